The number of carboxylic acid groups (broad SMARTS) is 1. The van der Waals surface area contributed by atoms with E-state index in [1.165, 1.54) is 0 Å². The summed E-state index contributed by atoms with van der Waals surface area (Å²) in [6.07, 6.45) is 0. The van der Waals surface area contributed by atoms with Crippen LogP contribution in [0.2, 0.25) is 0 Å². The molecular weight excluding hydrogens is 210 g/mol. The van der Waals surface area contributed by atoms with Crippen LogP contribution in [0.15, 0.2) is 0 Å². The highest BCUT2D eigenvalue weighted by molar-refractivity contribution is 5.82. The Hall–Kier alpha value is -1.14. The van der Waals surface area contributed by atoms with E-state index in [-0.39, 0.29) is 5.91 Å². The first-order valence-corrected chi connectivity index (χ1v) is 5.55. The van der Waals surface area contributed by atoms with Gasteiger partial charge >= 0.3 is 5.97 Å². The number of piperazine rings is 1. The largest absolute Gasteiger partial charge is 0.480 e. The van der Waals surface area contributed by atoms with Crippen LogP contribution in [0.1, 0.15) is 13.8 Å². The molecule has 1 saturated heterocycles. The Balaban J connectivity index is 2.67. The predicted molar refractivity (Wildman–Crippen MR) is 59.1 cm³/mol. The van der Waals surface area contributed by atoms with E-state index in [1.54, 1.807) is 11.8 Å². The van der Waals surface area contributed by atoms with E-state index in [4.69, 9.17) is 5.11 Å². The Morgan fingerprint density at radius 3 is 2.88 bits per heavy atom. The molecule has 1 aliphatic heterocycles. The molecule has 16 heavy (non-hydrogen) atoms. The molecule has 3 N–H and O–H groups in total. The van der Waals surface area contributed by atoms with Gasteiger partial charge in [-0.25, -0.2) is 0 Å². The number of hydrogen-bond donors (Lipinski definition) is 3. The van der Waals surface area contributed by atoms with Gasteiger partial charge in [-0.05, 0) is 13.8 Å². The molecule has 0 aromatic carbocycles. The van der Waals surface area contributed by atoms with Gasteiger partial charge in [0, 0.05) is 26.2 Å². The highest BCUT2D eigenvalue weighted by Gasteiger charge is 2.34. The molecule has 1 heterocycles. The number of amides is 1. The van der Waals surface area contributed by atoms with Crippen LogP contribution in [0.4, 0.5) is 0 Å². The summed E-state index contributed by atoms with van der Waals surface area (Å²) in [5.41, 5.74) is 0. The number of rotatable bonds is 4. The molecule has 0 radical (unpaired) electrons. The predicted octanol–water partition coefficient (Wildman–Crippen LogP) is -1.13. The Morgan fingerprint density at radius 2 is 2.31 bits per heavy atom. The Kier molecular flexibility index (Phi) is 4.70. The smallest absolute Gasteiger partial charge is 0.322 e. The number of likely N-dealkylation sites (N-methyl/N-ethyl adjacent to an activating group) is 1. The molecule has 6 nitrogen and oxygen atoms in total. The van der Waals surface area contributed by atoms with Gasteiger partial charge in [0.1, 0.15) is 6.04 Å². The molecule has 2 atom stereocenters. The summed E-state index contributed by atoms with van der Waals surface area (Å²) in [5.74, 6) is -1.00. The molecule has 0 spiro atoms. The average molecular weight is 229 g/mol. The van der Waals surface area contributed by atoms with Crippen LogP contribution in [-0.2, 0) is 9.59 Å². The number of aliphatic carboxylic acids is 1. The van der Waals surface area contributed by atoms with Crippen molar-refractivity contribution < 1.29 is 14.7 Å². The SMILES string of the molecule is CCNC(=O)C(C)N1CCNCC1C(=O)O. The summed E-state index contributed by atoms with van der Waals surface area (Å²) in [7, 11) is 0. The van der Waals surface area contributed by atoms with Crippen molar-refractivity contribution in [3.05, 3.63) is 0 Å². The third kappa shape index (κ3) is 2.93. The summed E-state index contributed by atoms with van der Waals surface area (Å²) in [4.78, 5) is 24.4. The molecule has 6 heteroatoms. The van der Waals surface area contributed by atoms with E-state index in [1.807, 2.05) is 6.92 Å². The lowest BCUT2D eigenvalue weighted by molar-refractivity contribution is -0.146. The first-order chi connectivity index (χ1) is 7.57. The maximum Gasteiger partial charge on any atom is 0.322 e. The first kappa shape index (κ1) is 12.9. The van der Waals surface area contributed by atoms with E-state index >= 15 is 0 Å². The van der Waals surface area contributed by atoms with Crippen LogP contribution in [0.3, 0.4) is 0 Å². The van der Waals surface area contributed by atoms with Gasteiger partial charge in [-0.2, -0.15) is 0 Å². The summed E-state index contributed by atoms with van der Waals surface area (Å²) >= 11 is 0. The minimum absolute atomic E-state index is 0.115. The van der Waals surface area contributed by atoms with Gasteiger partial charge in [-0.1, -0.05) is 0 Å². The molecule has 92 valence electrons. The van der Waals surface area contributed by atoms with Crippen LogP contribution in [0.25, 0.3) is 0 Å². The summed E-state index contributed by atoms with van der Waals surface area (Å²) in [5, 5.41) is 14.8. The second-order valence-corrected chi connectivity index (χ2v) is 3.87. The Morgan fingerprint density at radius 1 is 1.62 bits per heavy atom. The normalized spacial score (nSPS) is 23.8. The molecule has 1 aliphatic rings. The highest BCUT2D eigenvalue weighted by atomic mass is 16.4. The molecule has 1 rings (SSSR count). The fourth-order valence-corrected chi connectivity index (χ4v) is 1.89. The van der Waals surface area contributed by atoms with Crippen LogP contribution >= 0.6 is 0 Å². The van der Waals surface area contributed by atoms with Gasteiger partial charge in [-0.15, -0.1) is 0 Å². The maximum atomic E-state index is 11.6. The maximum absolute atomic E-state index is 11.6. The number of carbonyl (C=O) groups excluding carboxylic acids is 1. The van der Waals surface area contributed by atoms with Crippen molar-refractivity contribution in [2.45, 2.75) is 25.9 Å². The molecule has 2 unspecified atom stereocenters. The quantitative estimate of drug-likeness (QED) is 0.568. The summed E-state index contributed by atoms with van der Waals surface area (Å²) in [6, 6.07) is -1.02. The van der Waals surface area contributed by atoms with Crippen molar-refractivity contribution in [3.8, 4) is 0 Å². The summed E-state index contributed by atoms with van der Waals surface area (Å²) in [6.45, 7) is 5.83. The van der Waals surface area contributed by atoms with Crippen molar-refractivity contribution in [2.24, 2.45) is 0 Å². The lowest BCUT2D eigenvalue weighted by Gasteiger charge is -2.36. The second-order valence-electron chi connectivity index (χ2n) is 3.87. The standard InChI is InChI=1S/C10H19N3O3/c1-3-12-9(14)7(2)13-5-4-11-6-8(13)10(15)16/h7-8,11H,3-6H2,1-2H3,(H,12,14)(H,15,16). The van der Waals surface area contributed by atoms with Crippen LogP contribution in [-0.4, -0.2) is 60.1 Å². The zero-order valence-electron chi connectivity index (χ0n) is 9.69. The molecule has 1 amide bonds. The Labute approximate surface area is 95.0 Å². The number of nitrogens with zero attached hydrogens (tertiary/aromatic N) is 1. The molecule has 0 bridgehead atoms. The van der Waals surface area contributed by atoms with Crippen molar-refractivity contribution >= 4 is 11.9 Å². The molecule has 1 fully saturated rings. The third-order valence-electron chi connectivity index (χ3n) is 2.80. The number of hydrogen-bond acceptors (Lipinski definition) is 4. The van der Waals surface area contributed by atoms with Gasteiger partial charge in [0.15, 0.2) is 0 Å². The number of carbonyl (C=O) groups is 2. The van der Waals surface area contributed by atoms with E-state index in [2.05, 4.69) is 10.6 Å². The van der Waals surface area contributed by atoms with Crippen molar-refractivity contribution in [3.63, 3.8) is 0 Å². The first-order valence-electron chi connectivity index (χ1n) is 5.55. The number of nitrogens with one attached hydrogen (secondary N) is 2. The molecule has 0 saturated carbocycles. The fraction of sp³-hybridized carbons (Fsp3) is 0.800. The zero-order valence-corrected chi connectivity index (χ0v) is 9.69. The highest BCUT2D eigenvalue weighted by Crippen LogP contribution is 2.09. The van der Waals surface area contributed by atoms with Gasteiger partial charge < -0.3 is 15.7 Å². The van der Waals surface area contributed by atoms with Crippen molar-refractivity contribution in [1.82, 2.24) is 15.5 Å². The van der Waals surface area contributed by atoms with Crippen LogP contribution in [0, 0.1) is 0 Å². The minimum atomic E-state index is -0.886. The van der Waals surface area contributed by atoms with Crippen molar-refractivity contribution in [2.75, 3.05) is 26.2 Å². The van der Waals surface area contributed by atoms with E-state index in [0.29, 0.717) is 26.2 Å². The van der Waals surface area contributed by atoms with Crippen LogP contribution in [0.5, 0.6) is 0 Å². The Bertz CT molecular complexity index is 270. The van der Waals surface area contributed by atoms with E-state index < -0.39 is 18.1 Å². The zero-order chi connectivity index (χ0) is 12.1. The van der Waals surface area contributed by atoms with Gasteiger partial charge in [0.25, 0.3) is 0 Å². The van der Waals surface area contributed by atoms with Crippen LogP contribution < -0.4 is 10.6 Å². The molecule has 0 aliphatic carbocycles. The lowest BCUT2D eigenvalue weighted by atomic mass is 10.1. The van der Waals surface area contributed by atoms with E-state index in [0.717, 1.165) is 0 Å². The summed E-state index contributed by atoms with van der Waals surface area (Å²) < 4.78 is 0. The van der Waals surface area contributed by atoms with Gasteiger partial charge in [0.05, 0.1) is 6.04 Å². The van der Waals surface area contributed by atoms with E-state index in [9.17, 15) is 9.59 Å². The van der Waals surface area contributed by atoms with Gasteiger partial charge in [0.2, 0.25) is 5.91 Å². The molecular formula is C10H19N3O3. The monoisotopic (exact) mass is 229 g/mol. The topological polar surface area (TPSA) is 81.7 Å². The third-order valence-corrected chi connectivity index (χ3v) is 2.80. The van der Waals surface area contributed by atoms with Gasteiger partial charge in [-0.3, -0.25) is 14.5 Å². The van der Waals surface area contributed by atoms with Crippen molar-refractivity contribution in [1.29, 1.82) is 0 Å². The molecule has 0 aromatic heterocycles. The minimum Gasteiger partial charge on any atom is -0.480 e. The lowest BCUT2D eigenvalue weighted by Crippen LogP contribution is -2.60. The molecule has 0 aromatic rings. The second kappa shape index (κ2) is 5.81. The fourth-order valence-electron chi connectivity index (χ4n) is 1.89. The number of carboxylic acids is 1. The average Bonchev–Trinajstić information content (AvgIpc) is 2.28.